The predicted molar refractivity (Wildman–Crippen MR) is 73.5 cm³/mol. The van der Waals surface area contributed by atoms with Crippen molar-refractivity contribution in [3.8, 4) is 0 Å². The van der Waals surface area contributed by atoms with E-state index in [0.29, 0.717) is 5.75 Å². The molecular formula is C11H15FN2O2S2. The van der Waals surface area contributed by atoms with Crippen LogP contribution in [0.5, 0.6) is 0 Å². The van der Waals surface area contributed by atoms with E-state index in [4.69, 9.17) is 5.73 Å². The fourth-order valence-corrected chi connectivity index (χ4v) is 3.04. The van der Waals surface area contributed by atoms with Gasteiger partial charge in [0.15, 0.2) is 0 Å². The molecule has 0 heterocycles. The fourth-order valence-electron chi connectivity index (χ4n) is 1.24. The van der Waals surface area contributed by atoms with Gasteiger partial charge in [-0.05, 0) is 18.2 Å². The first kappa shape index (κ1) is 15.0. The van der Waals surface area contributed by atoms with Crippen molar-refractivity contribution < 1.29 is 12.8 Å². The minimum atomic E-state index is -3.70. The van der Waals surface area contributed by atoms with Gasteiger partial charge in [-0.15, -0.1) is 6.58 Å². The number of nitrogen functional groups attached to an aromatic ring is 1. The number of hydrogen-bond acceptors (Lipinski definition) is 4. The first-order chi connectivity index (χ1) is 8.45. The van der Waals surface area contributed by atoms with Gasteiger partial charge in [-0.3, -0.25) is 0 Å². The molecule has 100 valence electrons. The van der Waals surface area contributed by atoms with Crippen molar-refractivity contribution in [2.24, 2.45) is 0 Å². The van der Waals surface area contributed by atoms with Crippen LogP contribution in [0.3, 0.4) is 0 Å². The molecule has 0 amide bonds. The lowest BCUT2D eigenvalue weighted by atomic mass is 10.3. The molecule has 0 unspecified atom stereocenters. The summed E-state index contributed by atoms with van der Waals surface area (Å²) in [6.45, 7) is 3.83. The Morgan fingerprint density at radius 1 is 1.44 bits per heavy atom. The van der Waals surface area contributed by atoms with Crippen LogP contribution in [0.1, 0.15) is 0 Å². The van der Waals surface area contributed by atoms with Crippen molar-refractivity contribution in [2.45, 2.75) is 4.90 Å². The van der Waals surface area contributed by atoms with E-state index in [1.807, 2.05) is 0 Å². The van der Waals surface area contributed by atoms with Crippen molar-refractivity contribution >= 4 is 27.5 Å². The Kier molecular flexibility index (Phi) is 5.64. The zero-order chi connectivity index (χ0) is 13.6. The smallest absolute Gasteiger partial charge is 0.240 e. The van der Waals surface area contributed by atoms with E-state index in [2.05, 4.69) is 11.3 Å². The predicted octanol–water partition coefficient (Wildman–Crippen LogP) is 1.61. The maximum Gasteiger partial charge on any atom is 0.240 e. The van der Waals surface area contributed by atoms with Crippen molar-refractivity contribution in [1.29, 1.82) is 0 Å². The Labute approximate surface area is 111 Å². The molecule has 0 saturated carbocycles. The maximum atomic E-state index is 13.1. The number of hydrogen-bond donors (Lipinski definition) is 2. The van der Waals surface area contributed by atoms with E-state index >= 15 is 0 Å². The molecule has 0 aromatic heterocycles. The van der Waals surface area contributed by atoms with Crippen LogP contribution in [0.2, 0.25) is 0 Å². The normalized spacial score (nSPS) is 11.4. The first-order valence-corrected chi connectivity index (χ1v) is 7.84. The SMILES string of the molecule is C=CCSCCNS(=O)(=O)c1cc(N)cc(F)c1. The molecule has 7 heteroatoms. The zero-order valence-electron chi connectivity index (χ0n) is 9.73. The second kappa shape index (κ2) is 6.77. The molecule has 0 atom stereocenters. The summed E-state index contributed by atoms with van der Waals surface area (Å²) < 4.78 is 39.1. The number of anilines is 1. The highest BCUT2D eigenvalue weighted by Crippen LogP contribution is 2.15. The fraction of sp³-hybridized carbons (Fsp3) is 0.273. The van der Waals surface area contributed by atoms with Crippen molar-refractivity contribution in [3.05, 3.63) is 36.7 Å². The van der Waals surface area contributed by atoms with Crippen molar-refractivity contribution in [3.63, 3.8) is 0 Å². The van der Waals surface area contributed by atoms with Gasteiger partial charge in [0.1, 0.15) is 5.82 Å². The van der Waals surface area contributed by atoms with Gasteiger partial charge in [0.25, 0.3) is 0 Å². The molecule has 1 rings (SSSR count). The molecule has 0 aliphatic heterocycles. The Morgan fingerprint density at radius 2 is 2.17 bits per heavy atom. The molecule has 3 N–H and O–H groups in total. The average molecular weight is 290 g/mol. The number of benzene rings is 1. The van der Waals surface area contributed by atoms with Gasteiger partial charge in [0, 0.05) is 23.7 Å². The average Bonchev–Trinajstić information content (AvgIpc) is 2.27. The highest BCUT2D eigenvalue weighted by molar-refractivity contribution is 7.99. The molecule has 0 bridgehead atoms. The number of thioether (sulfide) groups is 1. The second-order valence-corrected chi connectivity index (χ2v) is 6.40. The van der Waals surface area contributed by atoms with Gasteiger partial charge in [0.2, 0.25) is 10.0 Å². The lowest BCUT2D eigenvalue weighted by molar-refractivity contribution is 0.580. The molecule has 0 fully saturated rings. The van der Waals surface area contributed by atoms with Crippen LogP contribution >= 0.6 is 11.8 Å². The van der Waals surface area contributed by atoms with Gasteiger partial charge >= 0.3 is 0 Å². The monoisotopic (exact) mass is 290 g/mol. The largest absolute Gasteiger partial charge is 0.399 e. The van der Waals surface area contributed by atoms with Gasteiger partial charge in [-0.1, -0.05) is 6.08 Å². The number of halogens is 1. The molecule has 18 heavy (non-hydrogen) atoms. The van der Waals surface area contributed by atoms with Crippen LogP contribution in [0.15, 0.2) is 35.7 Å². The summed E-state index contributed by atoms with van der Waals surface area (Å²) in [4.78, 5) is -0.159. The van der Waals surface area contributed by atoms with E-state index in [1.165, 1.54) is 6.07 Å². The second-order valence-electron chi connectivity index (χ2n) is 3.48. The standard InChI is InChI=1S/C11H15FN2O2S2/c1-2-4-17-5-3-14-18(15,16)11-7-9(12)6-10(13)8-11/h2,6-8,14H,1,3-5,13H2. The molecule has 0 saturated heterocycles. The Morgan fingerprint density at radius 3 is 2.78 bits per heavy atom. The lowest BCUT2D eigenvalue weighted by Crippen LogP contribution is -2.26. The summed E-state index contributed by atoms with van der Waals surface area (Å²) in [5.74, 6) is 0.710. The number of nitrogens with one attached hydrogen (secondary N) is 1. The third-order valence-corrected chi connectivity index (χ3v) is 4.38. The Balaban J connectivity index is 2.65. The van der Waals surface area contributed by atoms with Crippen LogP contribution in [0, 0.1) is 5.82 Å². The van der Waals surface area contributed by atoms with Gasteiger partial charge in [-0.2, -0.15) is 11.8 Å². The summed E-state index contributed by atoms with van der Waals surface area (Å²) in [5.41, 5.74) is 5.48. The number of rotatable bonds is 7. The summed E-state index contributed by atoms with van der Waals surface area (Å²) in [7, 11) is -3.70. The minimum Gasteiger partial charge on any atom is -0.399 e. The van der Waals surface area contributed by atoms with Crippen LogP contribution < -0.4 is 10.5 Å². The van der Waals surface area contributed by atoms with Crippen LogP contribution in [-0.2, 0) is 10.0 Å². The summed E-state index contributed by atoms with van der Waals surface area (Å²) in [6.07, 6.45) is 1.74. The number of nitrogens with two attached hydrogens (primary N) is 1. The van der Waals surface area contributed by atoms with Crippen molar-refractivity contribution in [1.82, 2.24) is 4.72 Å². The molecule has 1 aromatic carbocycles. The summed E-state index contributed by atoms with van der Waals surface area (Å²) in [5, 5.41) is 0. The highest BCUT2D eigenvalue weighted by Gasteiger charge is 2.14. The molecule has 0 aliphatic carbocycles. The molecule has 1 aromatic rings. The maximum absolute atomic E-state index is 13.1. The molecule has 4 nitrogen and oxygen atoms in total. The van der Waals surface area contributed by atoms with Gasteiger partial charge in [-0.25, -0.2) is 17.5 Å². The molecule has 0 aliphatic rings. The summed E-state index contributed by atoms with van der Waals surface area (Å²) >= 11 is 1.55. The topological polar surface area (TPSA) is 72.2 Å². The van der Waals surface area contributed by atoms with Crippen molar-refractivity contribution in [2.75, 3.05) is 23.8 Å². The van der Waals surface area contributed by atoms with Crippen LogP contribution in [-0.4, -0.2) is 26.5 Å². The first-order valence-electron chi connectivity index (χ1n) is 5.20. The van der Waals surface area contributed by atoms with Crippen LogP contribution in [0.25, 0.3) is 0 Å². The van der Waals surface area contributed by atoms with Gasteiger partial charge < -0.3 is 5.73 Å². The third-order valence-electron chi connectivity index (χ3n) is 1.98. The quantitative estimate of drug-likeness (QED) is 0.454. The minimum absolute atomic E-state index is 0.0800. The molecule has 0 radical (unpaired) electrons. The number of sulfonamides is 1. The Bertz CT molecular complexity index is 498. The van der Waals surface area contributed by atoms with E-state index in [-0.39, 0.29) is 17.1 Å². The Hall–Kier alpha value is -1.05. The van der Waals surface area contributed by atoms with Gasteiger partial charge in [0.05, 0.1) is 4.90 Å². The van der Waals surface area contributed by atoms with E-state index in [1.54, 1.807) is 17.8 Å². The van der Waals surface area contributed by atoms with E-state index in [0.717, 1.165) is 17.9 Å². The molecular weight excluding hydrogens is 275 g/mol. The third kappa shape index (κ3) is 4.67. The molecule has 0 spiro atoms. The zero-order valence-corrected chi connectivity index (χ0v) is 11.4. The highest BCUT2D eigenvalue weighted by atomic mass is 32.2. The van der Waals surface area contributed by atoms with E-state index in [9.17, 15) is 12.8 Å². The summed E-state index contributed by atoms with van der Waals surface area (Å²) in [6, 6.07) is 3.23. The lowest BCUT2D eigenvalue weighted by Gasteiger charge is -2.07. The van der Waals surface area contributed by atoms with E-state index < -0.39 is 15.8 Å². The van der Waals surface area contributed by atoms with Crippen LogP contribution in [0.4, 0.5) is 10.1 Å².